The topological polar surface area (TPSA) is 58.4 Å². The Morgan fingerprint density at radius 3 is 2.68 bits per heavy atom. The monoisotopic (exact) mass is 328 g/mol. The van der Waals surface area contributed by atoms with Crippen molar-refractivity contribution in [3.63, 3.8) is 0 Å². The van der Waals surface area contributed by atoms with Crippen molar-refractivity contribution in [2.45, 2.75) is 58.5 Å². The summed E-state index contributed by atoms with van der Waals surface area (Å²) in [4.78, 5) is 4.50. The molecule has 126 valence electrons. The molecular weight excluding hydrogens is 300 g/mol. The van der Waals surface area contributed by atoms with Gasteiger partial charge < -0.3 is 4.57 Å². The summed E-state index contributed by atoms with van der Waals surface area (Å²) in [6.45, 7) is 6.99. The van der Waals surface area contributed by atoms with Gasteiger partial charge in [0.2, 0.25) is 0 Å². The SMILES string of the molecule is Cc1cnc(CCC2CCCN2S(=O)(=O)N(C)C)n1C(C)C. The van der Waals surface area contributed by atoms with Gasteiger partial charge in [0.05, 0.1) is 0 Å². The lowest BCUT2D eigenvalue weighted by Crippen LogP contribution is -2.43. The molecule has 7 heteroatoms. The average Bonchev–Trinajstić information content (AvgIpc) is 3.02. The molecule has 0 saturated carbocycles. The molecule has 0 aromatic carbocycles. The summed E-state index contributed by atoms with van der Waals surface area (Å²) in [5.41, 5.74) is 1.16. The predicted molar refractivity (Wildman–Crippen MR) is 88.0 cm³/mol. The van der Waals surface area contributed by atoms with Crippen LogP contribution in [0.1, 0.15) is 50.7 Å². The molecule has 0 spiro atoms. The second-order valence-corrected chi connectivity index (χ2v) is 8.61. The first-order valence-electron chi connectivity index (χ1n) is 7.97. The molecule has 1 unspecified atom stereocenters. The summed E-state index contributed by atoms with van der Waals surface area (Å²) in [5, 5.41) is 0. The maximum Gasteiger partial charge on any atom is 0.281 e. The Morgan fingerprint density at radius 1 is 1.41 bits per heavy atom. The normalized spacial score (nSPS) is 20.4. The van der Waals surface area contributed by atoms with E-state index >= 15 is 0 Å². The third kappa shape index (κ3) is 3.36. The van der Waals surface area contributed by atoms with E-state index in [1.807, 2.05) is 6.20 Å². The molecule has 1 aliphatic rings. The lowest BCUT2D eigenvalue weighted by atomic mass is 10.1. The van der Waals surface area contributed by atoms with Crippen molar-refractivity contribution < 1.29 is 8.42 Å². The molecule has 0 aliphatic carbocycles. The Bertz CT molecular complexity index is 607. The number of aryl methyl sites for hydroxylation is 2. The maximum atomic E-state index is 12.4. The van der Waals surface area contributed by atoms with Crippen LogP contribution in [-0.4, -0.2) is 53.3 Å². The maximum absolute atomic E-state index is 12.4. The summed E-state index contributed by atoms with van der Waals surface area (Å²) >= 11 is 0. The third-order valence-electron chi connectivity index (χ3n) is 4.36. The summed E-state index contributed by atoms with van der Waals surface area (Å²) in [5.74, 6) is 1.06. The van der Waals surface area contributed by atoms with Gasteiger partial charge in [-0.15, -0.1) is 0 Å². The van der Waals surface area contributed by atoms with Gasteiger partial charge >= 0.3 is 0 Å². The molecule has 0 N–H and O–H groups in total. The van der Waals surface area contributed by atoms with Crippen LogP contribution in [0.5, 0.6) is 0 Å². The quantitative estimate of drug-likeness (QED) is 0.802. The van der Waals surface area contributed by atoms with E-state index in [1.54, 1.807) is 18.4 Å². The van der Waals surface area contributed by atoms with E-state index in [-0.39, 0.29) is 6.04 Å². The van der Waals surface area contributed by atoms with Crippen LogP contribution < -0.4 is 0 Å². The second kappa shape index (κ2) is 6.68. The first-order valence-corrected chi connectivity index (χ1v) is 9.36. The number of rotatable bonds is 6. The van der Waals surface area contributed by atoms with E-state index in [9.17, 15) is 8.42 Å². The molecule has 6 nitrogen and oxygen atoms in total. The first-order chi connectivity index (χ1) is 10.2. The van der Waals surface area contributed by atoms with Crippen LogP contribution in [0.2, 0.25) is 0 Å². The Balaban J connectivity index is 2.08. The highest BCUT2D eigenvalue weighted by atomic mass is 32.2. The standard InChI is InChI=1S/C15H28N4O2S/c1-12(2)19-13(3)11-16-15(19)9-8-14-7-6-10-18(14)22(20,21)17(4)5/h11-12,14H,6-10H2,1-5H3. The lowest BCUT2D eigenvalue weighted by molar-refractivity contribution is 0.340. The van der Waals surface area contributed by atoms with E-state index in [1.165, 1.54) is 4.31 Å². The zero-order valence-electron chi connectivity index (χ0n) is 14.3. The second-order valence-electron chi connectivity index (χ2n) is 6.52. The number of imidazole rings is 1. The van der Waals surface area contributed by atoms with Crippen LogP contribution in [0.25, 0.3) is 0 Å². The van der Waals surface area contributed by atoms with Crippen LogP contribution in [0.3, 0.4) is 0 Å². The molecule has 1 saturated heterocycles. The highest BCUT2D eigenvalue weighted by Gasteiger charge is 2.35. The van der Waals surface area contributed by atoms with Crippen LogP contribution in [0.15, 0.2) is 6.20 Å². The molecule has 1 fully saturated rings. The number of hydrogen-bond donors (Lipinski definition) is 0. The molecule has 22 heavy (non-hydrogen) atoms. The smallest absolute Gasteiger partial charge is 0.281 e. The van der Waals surface area contributed by atoms with E-state index in [4.69, 9.17) is 0 Å². The van der Waals surface area contributed by atoms with Gasteiger partial charge in [-0.05, 0) is 40.0 Å². The minimum Gasteiger partial charge on any atom is -0.330 e. The highest BCUT2D eigenvalue weighted by Crippen LogP contribution is 2.26. The molecule has 1 aromatic heterocycles. The van der Waals surface area contributed by atoms with Crippen molar-refractivity contribution in [1.29, 1.82) is 0 Å². The fraction of sp³-hybridized carbons (Fsp3) is 0.800. The summed E-state index contributed by atoms with van der Waals surface area (Å²) in [6.07, 6.45) is 5.43. The molecule has 2 heterocycles. The van der Waals surface area contributed by atoms with Gasteiger partial charge in [-0.2, -0.15) is 17.0 Å². The largest absolute Gasteiger partial charge is 0.330 e. The third-order valence-corrected chi connectivity index (χ3v) is 6.35. The van der Waals surface area contributed by atoms with E-state index in [0.717, 1.165) is 37.2 Å². The Kier molecular flexibility index (Phi) is 5.29. The zero-order chi connectivity index (χ0) is 16.5. The predicted octanol–water partition coefficient (Wildman–Crippen LogP) is 1.98. The van der Waals surface area contributed by atoms with Crippen molar-refractivity contribution in [2.24, 2.45) is 0 Å². The minimum absolute atomic E-state index is 0.0880. The molecule has 0 radical (unpaired) electrons. The molecule has 1 atom stereocenters. The van der Waals surface area contributed by atoms with Crippen LogP contribution in [0, 0.1) is 6.92 Å². The van der Waals surface area contributed by atoms with Gasteiger partial charge in [-0.3, -0.25) is 0 Å². The Labute approximate surface area is 134 Å². The summed E-state index contributed by atoms with van der Waals surface area (Å²) in [7, 11) is -0.118. The molecular formula is C15H28N4O2S. The van der Waals surface area contributed by atoms with Crippen molar-refractivity contribution in [3.8, 4) is 0 Å². The first kappa shape index (κ1) is 17.4. The zero-order valence-corrected chi connectivity index (χ0v) is 15.1. The van der Waals surface area contributed by atoms with Gasteiger partial charge in [0.25, 0.3) is 10.2 Å². The highest BCUT2D eigenvalue weighted by molar-refractivity contribution is 7.86. The van der Waals surface area contributed by atoms with E-state index in [2.05, 4.69) is 30.3 Å². The molecule has 1 aliphatic heterocycles. The van der Waals surface area contributed by atoms with Gasteiger partial charge in [0, 0.05) is 51.0 Å². The lowest BCUT2D eigenvalue weighted by Gasteiger charge is -2.27. The average molecular weight is 328 g/mol. The van der Waals surface area contributed by atoms with Crippen molar-refractivity contribution in [3.05, 3.63) is 17.7 Å². The number of hydrogen-bond acceptors (Lipinski definition) is 3. The van der Waals surface area contributed by atoms with Crippen molar-refractivity contribution in [2.75, 3.05) is 20.6 Å². The summed E-state index contributed by atoms with van der Waals surface area (Å²) in [6, 6.07) is 0.465. The van der Waals surface area contributed by atoms with Gasteiger partial charge in [0.1, 0.15) is 5.82 Å². The van der Waals surface area contributed by atoms with Gasteiger partial charge in [0.15, 0.2) is 0 Å². The summed E-state index contributed by atoms with van der Waals surface area (Å²) < 4.78 is 29.9. The minimum atomic E-state index is -3.31. The van der Waals surface area contributed by atoms with E-state index < -0.39 is 10.2 Å². The van der Waals surface area contributed by atoms with Crippen LogP contribution in [-0.2, 0) is 16.6 Å². The molecule has 1 aromatic rings. The van der Waals surface area contributed by atoms with Gasteiger partial charge in [-0.25, -0.2) is 4.98 Å². The van der Waals surface area contributed by atoms with Crippen molar-refractivity contribution in [1.82, 2.24) is 18.2 Å². The van der Waals surface area contributed by atoms with Crippen molar-refractivity contribution >= 4 is 10.2 Å². The number of aromatic nitrogens is 2. The Morgan fingerprint density at radius 2 is 2.09 bits per heavy atom. The van der Waals surface area contributed by atoms with E-state index in [0.29, 0.717) is 12.6 Å². The Hall–Kier alpha value is -0.920. The number of nitrogens with zero attached hydrogens (tertiary/aromatic N) is 4. The molecule has 0 amide bonds. The molecule has 0 bridgehead atoms. The fourth-order valence-corrected chi connectivity index (χ4v) is 4.66. The fourth-order valence-electron chi connectivity index (χ4n) is 3.29. The van der Waals surface area contributed by atoms with Gasteiger partial charge in [-0.1, -0.05) is 0 Å². The van der Waals surface area contributed by atoms with Crippen LogP contribution >= 0.6 is 0 Å². The van der Waals surface area contributed by atoms with Crippen LogP contribution in [0.4, 0.5) is 0 Å². The molecule has 2 rings (SSSR count).